The summed E-state index contributed by atoms with van der Waals surface area (Å²) in [6, 6.07) is 3.85. The van der Waals surface area contributed by atoms with Gasteiger partial charge in [-0.05, 0) is 12.1 Å². The van der Waals surface area contributed by atoms with Gasteiger partial charge in [0.15, 0.2) is 11.6 Å². The van der Waals surface area contributed by atoms with Crippen LogP contribution in [-0.4, -0.2) is 15.4 Å². The van der Waals surface area contributed by atoms with Crippen molar-refractivity contribution in [1.29, 1.82) is 0 Å². The van der Waals surface area contributed by atoms with Crippen LogP contribution in [0, 0.1) is 16.3 Å². The molecular formula is C8H5F2N3S. The minimum absolute atomic E-state index is 0.0486. The molecular weight excluding hydrogens is 208 g/mol. The largest absolute Gasteiger partial charge is 0.273 e. The van der Waals surface area contributed by atoms with Crippen LogP contribution >= 0.6 is 12.2 Å². The van der Waals surface area contributed by atoms with E-state index in [1.807, 2.05) is 0 Å². The van der Waals surface area contributed by atoms with Crippen molar-refractivity contribution in [2.24, 2.45) is 0 Å². The number of benzene rings is 1. The van der Waals surface area contributed by atoms with Gasteiger partial charge in [-0.3, -0.25) is 5.10 Å². The van der Waals surface area contributed by atoms with Crippen molar-refractivity contribution in [2.75, 3.05) is 0 Å². The summed E-state index contributed by atoms with van der Waals surface area (Å²) in [5.74, 6) is -1.86. The molecule has 2 aromatic rings. The van der Waals surface area contributed by atoms with E-state index in [0.29, 0.717) is 0 Å². The molecule has 3 nitrogen and oxygen atoms in total. The van der Waals surface area contributed by atoms with E-state index in [1.54, 1.807) is 0 Å². The first kappa shape index (κ1) is 9.01. The number of rotatable bonds is 1. The predicted molar refractivity (Wildman–Crippen MR) is 49.1 cm³/mol. The Bertz CT molecular complexity index is 517. The first-order valence-corrected chi connectivity index (χ1v) is 4.18. The van der Waals surface area contributed by atoms with Crippen LogP contribution in [0.4, 0.5) is 8.78 Å². The Morgan fingerprint density at radius 1 is 1.29 bits per heavy atom. The van der Waals surface area contributed by atoms with E-state index in [0.717, 1.165) is 6.07 Å². The fourth-order valence-electron chi connectivity index (χ4n) is 1.11. The fraction of sp³-hybridized carbons (Fsp3) is 0. The van der Waals surface area contributed by atoms with E-state index in [1.165, 1.54) is 12.1 Å². The van der Waals surface area contributed by atoms with Gasteiger partial charge in [0.2, 0.25) is 0 Å². The maximum absolute atomic E-state index is 13.3. The zero-order chi connectivity index (χ0) is 10.1. The van der Waals surface area contributed by atoms with Gasteiger partial charge in [0.25, 0.3) is 0 Å². The van der Waals surface area contributed by atoms with E-state index in [2.05, 4.69) is 15.4 Å². The first-order valence-electron chi connectivity index (χ1n) is 3.77. The second-order valence-electron chi connectivity index (χ2n) is 2.63. The molecule has 0 unspecified atom stereocenters. The van der Waals surface area contributed by atoms with Gasteiger partial charge in [-0.15, -0.1) is 0 Å². The lowest BCUT2D eigenvalue weighted by Crippen LogP contribution is -1.89. The second kappa shape index (κ2) is 3.30. The topological polar surface area (TPSA) is 44.5 Å². The summed E-state index contributed by atoms with van der Waals surface area (Å²) in [7, 11) is 0. The van der Waals surface area contributed by atoms with E-state index < -0.39 is 11.6 Å². The van der Waals surface area contributed by atoms with Crippen molar-refractivity contribution in [3.8, 4) is 11.3 Å². The summed E-state index contributed by atoms with van der Waals surface area (Å²) < 4.78 is 26.3. The first-order chi connectivity index (χ1) is 6.70. The molecule has 1 aromatic heterocycles. The van der Waals surface area contributed by atoms with Crippen LogP contribution in [0.5, 0.6) is 0 Å². The number of aromatic nitrogens is 3. The minimum atomic E-state index is -0.945. The molecule has 2 rings (SSSR count). The van der Waals surface area contributed by atoms with Crippen LogP contribution in [0.15, 0.2) is 18.2 Å². The molecule has 0 saturated carbocycles. The molecule has 0 atom stereocenters. The summed E-state index contributed by atoms with van der Waals surface area (Å²) in [5, 5.41) is 8.57. The van der Waals surface area contributed by atoms with Crippen molar-refractivity contribution >= 4 is 12.2 Å². The van der Waals surface area contributed by atoms with Crippen LogP contribution in [0.25, 0.3) is 11.3 Å². The van der Waals surface area contributed by atoms with Gasteiger partial charge in [0.05, 0.1) is 0 Å². The standard InChI is InChI=1S/C8H5F2N3S/c9-5-3-1-2-4(6(5)10)7-8(14)12-13-11-7/h1-3H,(H2,11,12,13,14). The summed E-state index contributed by atoms with van der Waals surface area (Å²) in [6.07, 6.45) is 0. The highest BCUT2D eigenvalue weighted by atomic mass is 32.1. The average Bonchev–Trinajstić information content (AvgIpc) is 2.57. The van der Waals surface area contributed by atoms with Crippen LogP contribution in [0.1, 0.15) is 0 Å². The zero-order valence-corrected chi connectivity index (χ0v) is 7.66. The monoisotopic (exact) mass is 213 g/mol. The maximum atomic E-state index is 13.3. The second-order valence-corrected chi connectivity index (χ2v) is 3.04. The zero-order valence-electron chi connectivity index (χ0n) is 6.84. The number of H-pyrrole nitrogens is 2. The van der Waals surface area contributed by atoms with Gasteiger partial charge in [-0.1, -0.05) is 18.3 Å². The fourth-order valence-corrected chi connectivity index (χ4v) is 1.32. The Morgan fingerprint density at radius 3 is 2.71 bits per heavy atom. The number of hydrogen-bond acceptors (Lipinski definition) is 2. The third kappa shape index (κ3) is 1.33. The Kier molecular flexibility index (Phi) is 2.12. The van der Waals surface area contributed by atoms with Crippen LogP contribution in [0.2, 0.25) is 0 Å². The molecule has 2 N–H and O–H groups in total. The van der Waals surface area contributed by atoms with Crippen LogP contribution in [0.3, 0.4) is 0 Å². The third-order valence-corrected chi connectivity index (χ3v) is 2.05. The van der Waals surface area contributed by atoms with Crippen LogP contribution < -0.4 is 0 Å². The van der Waals surface area contributed by atoms with Gasteiger partial charge in [-0.25, -0.2) is 14.0 Å². The van der Waals surface area contributed by atoms with Crippen molar-refractivity contribution < 1.29 is 8.78 Å². The van der Waals surface area contributed by atoms with Crippen molar-refractivity contribution in [2.45, 2.75) is 0 Å². The van der Waals surface area contributed by atoms with Gasteiger partial charge < -0.3 is 0 Å². The molecule has 0 bridgehead atoms. The predicted octanol–water partition coefficient (Wildman–Crippen LogP) is 2.41. The van der Waals surface area contributed by atoms with Gasteiger partial charge in [0, 0.05) is 5.56 Å². The summed E-state index contributed by atoms with van der Waals surface area (Å²) in [5.41, 5.74) is 0.254. The number of aromatic amines is 2. The Morgan fingerprint density at radius 2 is 2.07 bits per heavy atom. The number of halogens is 2. The van der Waals surface area contributed by atoms with Gasteiger partial charge in [0.1, 0.15) is 10.3 Å². The van der Waals surface area contributed by atoms with Crippen molar-refractivity contribution in [1.82, 2.24) is 15.4 Å². The average molecular weight is 213 g/mol. The van der Waals surface area contributed by atoms with Crippen molar-refractivity contribution in [3.63, 3.8) is 0 Å². The maximum Gasteiger partial charge on any atom is 0.168 e. The lowest BCUT2D eigenvalue weighted by atomic mass is 10.1. The molecule has 6 heteroatoms. The Labute approximate surface area is 82.8 Å². The molecule has 72 valence electrons. The smallest absolute Gasteiger partial charge is 0.168 e. The number of nitrogens with zero attached hydrogens (tertiary/aromatic N) is 1. The minimum Gasteiger partial charge on any atom is -0.273 e. The molecule has 0 aliphatic rings. The third-order valence-electron chi connectivity index (χ3n) is 1.76. The lowest BCUT2D eigenvalue weighted by molar-refractivity contribution is 0.511. The summed E-state index contributed by atoms with van der Waals surface area (Å²) in [6.45, 7) is 0. The molecule has 1 heterocycles. The molecule has 0 saturated heterocycles. The Balaban J connectivity index is 2.69. The Hall–Kier alpha value is -1.56. The molecule has 14 heavy (non-hydrogen) atoms. The van der Waals surface area contributed by atoms with Gasteiger partial charge >= 0.3 is 0 Å². The van der Waals surface area contributed by atoms with Gasteiger partial charge in [-0.2, -0.15) is 5.10 Å². The highest BCUT2D eigenvalue weighted by Gasteiger charge is 2.12. The molecule has 0 aliphatic carbocycles. The van der Waals surface area contributed by atoms with E-state index in [9.17, 15) is 8.78 Å². The van der Waals surface area contributed by atoms with E-state index >= 15 is 0 Å². The van der Waals surface area contributed by atoms with Crippen LogP contribution in [-0.2, 0) is 0 Å². The lowest BCUT2D eigenvalue weighted by Gasteiger charge is -1.98. The molecule has 1 aromatic carbocycles. The summed E-state index contributed by atoms with van der Waals surface area (Å²) >= 11 is 4.83. The molecule has 0 fully saturated rings. The molecule has 0 amide bonds. The molecule has 0 aliphatic heterocycles. The van der Waals surface area contributed by atoms with E-state index in [-0.39, 0.29) is 15.9 Å². The number of hydrogen-bond donors (Lipinski definition) is 2. The number of nitrogens with one attached hydrogen (secondary N) is 2. The molecule has 0 radical (unpaired) electrons. The highest BCUT2D eigenvalue weighted by molar-refractivity contribution is 7.71. The van der Waals surface area contributed by atoms with Crippen molar-refractivity contribution in [3.05, 3.63) is 34.5 Å². The normalized spacial score (nSPS) is 10.4. The quantitative estimate of drug-likeness (QED) is 0.714. The highest BCUT2D eigenvalue weighted by Crippen LogP contribution is 2.22. The molecule has 0 spiro atoms. The SMILES string of the molecule is Fc1cccc(-c2n[nH][nH]c2=S)c1F. The van der Waals surface area contributed by atoms with E-state index in [4.69, 9.17) is 12.2 Å². The summed E-state index contributed by atoms with van der Waals surface area (Å²) in [4.78, 5) is 0.